The molecule has 1 N–H and O–H groups in total. The summed E-state index contributed by atoms with van der Waals surface area (Å²) >= 11 is 6.05. The number of amides is 2. The van der Waals surface area contributed by atoms with Crippen LogP contribution in [0.1, 0.15) is 35.3 Å². The van der Waals surface area contributed by atoms with Crippen molar-refractivity contribution in [3.63, 3.8) is 0 Å². The predicted octanol–water partition coefficient (Wildman–Crippen LogP) is 4.46. The second-order valence-electron chi connectivity index (χ2n) is 8.13. The number of rotatable bonds is 9. The molecule has 1 aromatic heterocycles. The van der Waals surface area contributed by atoms with Crippen molar-refractivity contribution < 1.29 is 23.2 Å². The Bertz CT molecular complexity index is 1130. The molecule has 1 aliphatic heterocycles. The third kappa shape index (κ3) is 6.42. The molecule has 7 nitrogen and oxygen atoms in total. The molecule has 2 heterocycles. The fourth-order valence-electron chi connectivity index (χ4n) is 3.75. The van der Waals surface area contributed by atoms with Crippen molar-refractivity contribution in [2.75, 3.05) is 19.7 Å². The normalized spacial score (nSPS) is 15.3. The summed E-state index contributed by atoms with van der Waals surface area (Å²) in [5.74, 6) is -0.446. The first-order valence-electron chi connectivity index (χ1n) is 11.1. The molecule has 9 heteroatoms. The lowest BCUT2D eigenvalue weighted by Crippen LogP contribution is -2.40. The van der Waals surface area contributed by atoms with E-state index in [-0.39, 0.29) is 48.9 Å². The number of hydrogen-bond acceptors (Lipinski definition) is 5. The van der Waals surface area contributed by atoms with E-state index in [4.69, 9.17) is 20.9 Å². The molecule has 3 aromatic rings. The van der Waals surface area contributed by atoms with Gasteiger partial charge in [-0.3, -0.25) is 9.59 Å². The number of carbonyl (C=O) groups excluding carboxylic acids is 2. The van der Waals surface area contributed by atoms with E-state index in [2.05, 4.69) is 10.5 Å². The van der Waals surface area contributed by atoms with E-state index in [9.17, 15) is 14.0 Å². The van der Waals surface area contributed by atoms with Crippen LogP contribution in [0.3, 0.4) is 0 Å². The first kappa shape index (κ1) is 23.9. The zero-order chi connectivity index (χ0) is 23.9. The van der Waals surface area contributed by atoms with Gasteiger partial charge < -0.3 is 19.5 Å². The summed E-state index contributed by atoms with van der Waals surface area (Å²) < 4.78 is 24.1. The molecule has 1 aliphatic rings. The molecule has 0 aliphatic carbocycles. The number of hydrogen-bond donors (Lipinski definition) is 1. The largest absolute Gasteiger partial charge is 0.376 e. The summed E-state index contributed by atoms with van der Waals surface area (Å²) in [5, 5.41) is 7.30. The zero-order valence-corrected chi connectivity index (χ0v) is 19.3. The van der Waals surface area contributed by atoms with E-state index >= 15 is 0 Å². The molecule has 2 amide bonds. The van der Waals surface area contributed by atoms with Crippen molar-refractivity contribution in [1.29, 1.82) is 0 Å². The van der Waals surface area contributed by atoms with Crippen LogP contribution in [0, 0.1) is 5.82 Å². The SMILES string of the molecule is O=C(CCN(C[C@H]1CCCO1)C(=O)c1cc(-c2cccc(Cl)c2)on1)NCc1ccc(F)cc1. The van der Waals surface area contributed by atoms with Crippen molar-refractivity contribution in [3.05, 3.63) is 76.7 Å². The molecule has 1 fully saturated rings. The number of nitrogens with one attached hydrogen (secondary N) is 1. The van der Waals surface area contributed by atoms with Gasteiger partial charge in [0.2, 0.25) is 5.91 Å². The van der Waals surface area contributed by atoms with Crippen LogP contribution in [0.25, 0.3) is 11.3 Å². The molecule has 2 aromatic carbocycles. The lowest BCUT2D eigenvalue weighted by Gasteiger charge is -2.24. The highest BCUT2D eigenvalue weighted by molar-refractivity contribution is 6.30. The third-order valence-corrected chi connectivity index (χ3v) is 5.82. The predicted molar refractivity (Wildman–Crippen MR) is 125 cm³/mol. The van der Waals surface area contributed by atoms with Crippen LogP contribution >= 0.6 is 11.6 Å². The van der Waals surface area contributed by atoms with Crippen LogP contribution in [0.2, 0.25) is 5.02 Å². The highest BCUT2D eigenvalue weighted by Gasteiger charge is 2.26. The summed E-state index contributed by atoms with van der Waals surface area (Å²) in [6.07, 6.45) is 1.82. The van der Waals surface area contributed by atoms with Gasteiger partial charge in [-0.25, -0.2) is 4.39 Å². The molecule has 0 saturated carbocycles. The zero-order valence-electron chi connectivity index (χ0n) is 18.5. The van der Waals surface area contributed by atoms with Gasteiger partial charge >= 0.3 is 0 Å². The Kier molecular flexibility index (Phi) is 7.92. The lowest BCUT2D eigenvalue weighted by atomic mass is 10.1. The molecule has 0 spiro atoms. The van der Waals surface area contributed by atoms with Crippen molar-refractivity contribution in [1.82, 2.24) is 15.4 Å². The molecular formula is C25H25ClFN3O4. The Morgan fingerprint density at radius 3 is 2.74 bits per heavy atom. The van der Waals surface area contributed by atoms with Crippen LogP contribution in [0.15, 0.2) is 59.1 Å². The Morgan fingerprint density at radius 1 is 1.18 bits per heavy atom. The highest BCUT2D eigenvalue weighted by Crippen LogP contribution is 2.24. The van der Waals surface area contributed by atoms with Gasteiger partial charge in [0.05, 0.1) is 6.10 Å². The highest BCUT2D eigenvalue weighted by atomic mass is 35.5. The summed E-state index contributed by atoms with van der Waals surface area (Å²) in [5.41, 5.74) is 1.66. The minimum Gasteiger partial charge on any atom is -0.376 e. The van der Waals surface area contributed by atoms with Crippen LogP contribution in [-0.2, 0) is 16.1 Å². The fraction of sp³-hybridized carbons (Fsp3) is 0.320. The van der Waals surface area contributed by atoms with E-state index in [0.29, 0.717) is 29.5 Å². The van der Waals surface area contributed by atoms with Crippen LogP contribution in [0.5, 0.6) is 0 Å². The second kappa shape index (κ2) is 11.3. The Balaban J connectivity index is 1.39. The number of ether oxygens (including phenoxy) is 1. The molecule has 4 rings (SSSR count). The van der Waals surface area contributed by atoms with Gasteiger partial charge in [0.15, 0.2) is 11.5 Å². The van der Waals surface area contributed by atoms with E-state index in [1.54, 1.807) is 41.3 Å². The quantitative estimate of drug-likeness (QED) is 0.483. The molecule has 1 atom stereocenters. The van der Waals surface area contributed by atoms with Gasteiger partial charge in [0, 0.05) is 49.3 Å². The number of carbonyl (C=O) groups is 2. The second-order valence-corrected chi connectivity index (χ2v) is 8.56. The summed E-state index contributed by atoms with van der Waals surface area (Å²) in [4.78, 5) is 27.2. The maximum atomic E-state index is 13.2. The van der Waals surface area contributed by atoms with Crippen molar-refractivity contribution in [3.8, 4) is 11.3 Å². The summed E-state index contributed by atoms with van der Waals surface area (Å²) in [7, 11) is 0. The first-order chi connectivity index (χ1) is 16.5. The van der Waals surface area contributed by atoms with Gasteiger partial charge in [0.25, 0.3) is 5.91 Å². The average Bonchev–Trinajstić information content (AvgIpc) is 3.53. The molecule has 0 bridgehead atoms. The van der Waals surface area contributed by atoms with Crippen LogP contribution < -0.4 is 5.32 Å². The van der Waals surface area contributed by atoms with Crippen LogP contribution in [-0.4, -0.2) is 47.7 Å². The molecule has 178 valence electrons. The number of benzene rings is 2. The molecule has 34 heavy (non-hydrogen) atoms. The standard InChI is InChI=1S/C25H25ClFN3O4/c26-19-4-1-3-18(13-19)23-14-22(29-34-23)25(32)30(16-21-5-2-12-33-21)11-10-24(31)28-15-17-6-8-20(27)9-7-17/h1,3-4,6-9,13-14,21H,2,5,10-12,15-16H2,(H,28,31)/t21-/m1/s1. The van der Waals surface area contributed by atoms with E-state index < -0.39 is 0 Å². The van der Waals surface area contributed by atoms with Gasteiger partial charge in [-0.05, 0) is 42.7 Å². The van der Waals surface area contributed by atoms with E-state index in [0.717, 1.165) is 18.4 Å². The van der Waals surface area contributed by atoms with E-state index in [1.165, 1.54) is 12.1 Å². The maximum absolute atomic E-state index is 13.2. The van der Waals surface area contributed by atoms with E-state index in [1.807, 2.05) is 6.07 Å². The monoisotopic (exact) mass is 485 g/mol. The Morgan fingerprint density at radius 2 is 2.00 bits per heavy atom. The molecular weight excluding hydrogens is 461 g/mol. The minimum absolute atomic E-state index is 0.0782. The van der Waals surface area contributed by atoms with Gasteiger partial charge in [-0.15, -0.1) is 0 Å². The number of halogens is 2. The van der Waals surface area contributed by atoms with Crippen molar-refractivity contribution in [2.45, 2.75) is 31.9 Å². The van der Waals surface area contributed by atoms with Crippen molar-refractivity contribution >= 4 is 23.4 Å². The lowest BCUT2D eigenvalue weighted by molar-refractivity contribution is -0.121. The van der Waals surface area contributed by atoms with Gasteiger partial charge in [-0.1, -0.05) is 41.0 Å². The van der Waals surface area contributed by atoms with Crippen molar-refractivity contribution in [2.24, 2.45) is 0 Å². The molecule has 0 radical (unpaired) electrons. The molecule has 0 unspecified atom stereocenters. The smallest absolute Gasteiger partial charge is 0.276 e. The minimum atomic E-state index is -0.334. The average molecular weight is 486 g/mol. The van der Waals surface area contributed by atoms with Crippen LogP contribution in [0.4, 0.5) is 4.39 Å². The number of nitrogens with zero attached hydrogens (tertiary/aromatic N) is 2. The topological polar surface area (TPSA) is 84.7 Å². The Labute approximate surface area is 201 Å². The maximum Gasteiger partial charge on any atom is 0.276 e. The Hall–Kier alpha value is -3.23. The number of aromatic nitrogens is 1. The molecule has 1 saturated heterocycles. The summed E-state index contributed by atoms with van der Waals surface area (Å²) in [6, 6.07) is 14.6. The third-order valence-electron chi connectivity index (χ3n) is 5.59. The fourth-order valence-corrected chi connectivity index (χ4v) is 3.94. The van der Waals surface area contributed by atoms with Gasteiger partial charge in [-0.2, -0.15) is 0 Å². The summed E-state index contributed by atoms with van der Waals surface area (Å²) in [6.45, 7) is 1.51. The first-order valence-corrected chi connectivity index (χ1v) is 11.5. The van der Waals surface area contributed by atoms with Gasteiger partial charge in [0.1, 0.15) is 5.82 Å².